The molecule has 3 aromatic heterocycles. The molecule has 0 atom stereocenters. The van der Waals surface area contributed by atoms with Gasteiger partial charge in [-0.1, -0.05) is 17.7 Å². The van der Waals surface area contributed by atoms with E-state index in [9.17, 15) is 4.79 Å². The third-order valence-electron chi connectivity index (χ3n) is 4.86. The Labute approximate surface area is 181 Å². The number of hydrogen-bond acceptors (Lipinski definition) is 5. The number of rotatable bonds is 6. The molecule has 0 aliphatic heterocycles. The van der Waals surface area contributed by atoms with Gasteiger partial charge in [0.2, 0.25) is 0 Å². The normalized spacial score (nSPS) is 13.5. The summed E-state index contributed by atoms with van der Waals surface area (Å²) < 4.78 is 9.71. The molecule has 1 aromatic carbocycles. The van der Waals surface area contributed by atoms with Crippen LogP contribution in [0.25, 0.3) is 17.1 Å². The average molecular weight is 441 g/mol. The molecule has 30 heavy (non-hydrogen) atoms. The summed E-state index contributed by atoms with van der Waals surface area (Å²) in [6.07, 6.45) is 3.72. The number of nitrogens with one attached hydrogen (secondary N) is 2. The maximum absolute atomic E-state index is 12.8. The fraction of sp³-hybridized carbons (Fsp3) is 0.200. The van der Waals surface area contributed by atoms with Gasteiger partial charge >= 0.3 is 0 Å². The van der Waals surface area contributed by atoms with Crippen molar-refractivity contribution in [1.29, 1.82) is 0 Å². The predicted molar refractivity (Wildman–Crippen MR) is 113 cm³/mol. The van der Waals surface area contributed by atoms with E-state index < -0.39 is 0 Å². The van der Waals surface area contributed by atoms with E-state index >= 15 is 0 Å². The fourth-order valence-electron chi connectivity index (χ4n) is 3.32. The van der Waals surface area contributed by atoms with Gasteiger partial charge in [0.15, 0.2) is 22.0 Å². The van der Waals surface area contributed by atoms with Gasteiger partial charge in [0, 0.05) is 17.1 Å². The molecule has 152 valence electrons. The molecule has 0 unspecified atom stereocenters. The maximum atomic E-state index is 12.8. The molecule has 0 saturated heterocycles. The summed E-state index contributed by atoms with van der Waals surface area (Å²) in [6.45, 7) is 0.253. The molecular weight excluding hydrogens is 424 g/mol. The Morgan fingerprint density at radius 1 is 1.30 bits per heavy atom. The molecule has 3 heterocycles. The standard InChI is InChI=1S/C20H17ClN6O2S/c21-12-3-1-4-14(9-12)27-16(17-5-2-8-29-17)10-15(25-27)19(28)22-11-18-23-24-20(30)26(18)13-6-7-13/h1-5,8-10,13H,6-7,11H2,(H,22,28)(H,24,30). The van der Waals surface area contributed by atoms with Crippen molar-refractivity contribution in [2.45, 2.75) is 25.4 Å². The smallest absolute Gasteiger partial charge is 0.272 e. The van der Waals surface area contributed by atoms with Crippen LogP contribution in [0.2, 0.25) is 5.02 Å². The van der Waals surface area contributed by atoms with Gasteiger partial charge in [-0.15, -0.1) is 0 Å². The largest absolute Gasteiger partial charge is 0.463 e. The molecular formula is C20H17ClN6O2S. The van der Waals surface area contributed by atoms with E-state index in [0.717, 1.165) is 18.5 Å². The summed E-state index contributed by atoms with van der Waals surface area (Å²) in [6, 6.07) is 12.9. The molecule has 4 aromatic rings. The van der Waals surface area contributed by atoms with E-state index in [1.807, 2.05) is 22.8 Å². The van der Waals surface area contributed by atoms with Crippen LogP contribution in [0.15, 0.2) is 53.1 Å². The Hall–Kier alpha value is -3.17. The molecule has 1 aliphatic rings. The number of H-pyrrole nitrogens is 1. The Morgan fingerprint density at radius 2 is 2.17 bits per heavy atom. The molecule has 0 spiro atoms. The number of aromatic amines is 1. The first kappa shape index (κ1) is 18.8. The summed E-state index contributed by atoms with van der Waals surface area (Å²) in [5.41, 5.74) is 1.63. The van der Waals surface area contributed by atoms with Crippen LogP contribution in [0, 0.1) is 4.77 Å². The van der Waals surface area contributed by atoms with E-state index in [0.29, 0.717) is 33.1 Å². The lowest BCUT2D eigenvalue weighted by molar-refractivity contribution is 0.0944. The predicted octanol–water partition coefficient (Wildman–Crippen LogP) is 4.30. The van der Waals surface area contributed by atoms with Crippen LogP contribution in [0.3, 0.4) is 0 Å². The van der Waals surface area contributed by atoms with Gasteiger partial charge in [0.05, 0.1) is 18.5 Å². The lowest BCUT2D eigenvalue weighted by Crippen LogP contribution is -2.25. The van der Waals surface area contributed by atoms with Crippen molar-refractivity contribution >= 4 is 29.7 Å². The topological polar surface area (TPSA) is 93.7 Å². The van der Waals surface area contributed by atoms with Gasteiger partial charge in [-0.05, 0) is 55.4 Å². The van der Waals surface area contributed by atoms with Crippen LogP contribution < -0.4 is 5.32 Å². The number of hydrogen-bond donors (Lipinski definition) is 2. The Kier molecular flexibility index (Phi) is 4.76. The Morgan fingerprint density at radius 3 is 2.90 bits per heavy atom. The summed E-state index contributed by atoms with van der Waals surface area (Å²) in [7, 11) is 0. The molecule has 8 nitrogen and oxygen atoms in total. The SMILES string of the molecule is O=C(NCc1n[nH]c(=S)n1C1CC1)c1cc(-c2ccco2)n(-c2cccc(Cl)c2)n1. The number of amides is 1. The highest BCUT2D eigenvalue weighted by Gasteiger charge is 2.27. The van der Waals surface area contributed by atoms with Gasteiger partial charge in [0.25, 0.3) is 5.91 Å². The van der Waals surface area contributed by atoms with Crippen molar-refractivity contribution in [3.63, 3.8) is 0 Å². The van der Waals surface area contributed by atoms with Crippen molar-refractivity contribution in [3.8, 4) is 17.1 Å². The number of aromatic nitrogens is 5. The minimum Gasteiger partial charge on any atom is -0.463 e. The van der Waals surface area contributed by atoms with E-state index in [4.69, 9.17) is 28.2 Å². The van der Waals surface area contributed by atoms with Gasteiger partial charge < -0.3 is 9.73 Å². The monoisotopic (exact) mass is 440 g/mol. The molecule has 0 radical (unpaired) electrons. The van der Waals surface area contributed by atoms with Gasteiger partial charge in [-0.25, -0.2) is 4.68 Å². The number of benzene rings is 1. The summed E-state index contributed by atoms with van der Waals surface area (Å²) in [4.78, 5) is 12.8. The molecule has 5 rings (SSSR count). The molecule has 0 bridgehead atoms. The molecule has 1 fully saturated rings. The van der Waals surface area contributed by atoms with Crippen LogP contribution in [-0.4, -0.2) is 30.5 Å². The second-order valence-electron chi connectivity index (χ2n) is 7.01. The first-order valence-electron chi connectivity index (χ1n) is 9.44. The minimum absolute atomic E-state index is 0.253. The third kappa shape index (κ3) is 3.57. The Bertz CT molecular complexity index is 1270. The number of carbonyl (C=O) groups excluding carboxylic acids is 1. The van der Waals surface area contributed by atoms with E-state index in [1.165, 1.54) is 0 Å². The zero-order chi connectivity index (χ0) is 20.7. The molecule has 1 amide bonds. The van der Waals surface area contributed by atoms with E-state index in [2.05, 4.69) is 20.6 Å². The van der Waals surface area contributed by atoms with Crippen molar-refractivity contribution in [2.24, 2.45) is 0 Å². The Balaban J connectivity index is 1.44. The molecule has 1 aliphatic carbocycles. The second kappa shape index (κ2) is 7.58. The van der Waals surface area contributed by atoms with Crippen molar-refractivity contribution in [2.75, 3.05) is 0 Å². The molecule has 10 heteroatoms. The van der Waals surface area contributed by atoms with Crippen molar-refractivity contribution in [1.82, 2.24) is 29.9 Å². The van der Waals surface area contributed by atoms with Crippen molar-refractivity contribution < 1.29 is 9.21 Å². The van der Waals surface area contributed by atoms with Crippen LogP contribution in [0.5, 0.6) is 0 Å². The van der Waals surface area contributed by atoms with Gasteiger partial charge in [-0.2, -0.15) is 10.2 Å². The van der Waals surface area contributed by atoms with Crippen LogP contribution in [0.1, 0.15) is 35.2 Å². The van der Waals surface area contributed by atoms with Crippen LogP contribution >= 0.6 is 23.8 Å². The first-order valence-corrected chi connectivity index (χ1v) is 10.2. The first-order chi connectivity index (χ1) is 14.6. The number of nitrogens with zero attached hydrogens (tertiary/aromatic N) is 4. The highest BCUT2D eigenvalue weighted by atomic mass is 35.5. The van der Waals surface area contributed by atoms with E-state index in [-0.39, 0.29) is 18.1 Å². The lowest BCUT2D eigenvalue weighted by atomic mass is 10.2. The fourth-order valence-corrected chi connectivity index (χ4v) is 3.80. The van der Waals surface area contributed by atoms with Crippen LogP contribution in [-0.2, 0) is 6.54 Å². The van der Waals surface area contributed by atoms with Crippen molar-refractivity contribution in [3.05, 3.63) is 70.0 Å². The second-order valence-corrected chi connectivity index (χ2v) is 7.84. The highest BCUT2D eigenvalue weighted by Crippen LogP contribution is 2.35. The minimum atomic E-state index is -0.320. The summed E-state index contributed by atoms with van der Waals surface area (Å²) in [5.74, 6) is 0.979. The number of carbonyl (C=O) groups is 1. The number of halogens is 1. The molecule has 2 N–H and O–H groups in total. The highest BCUT2D eigenvalue weighted by molar-refractivity contribution is 7.71. The maximum Gasteiger partial charge on any atom is 0.272 e. The molecule has 1 saturated carbocycles. The number of furan rings is 1. The zero-order valence-electron chi connectivity index (χ0n) is 15.7. The lowest BCUT2D eigenvalue weighted by Gasteiger charge is -2.06. The third-order valence-corrected chi connectivity index (χ3v) is 5.39. The van der Waals surface area contributed by atoms with Gasteiger partial charge in [0.1, 0.15) is 5.69 Å². The van der Waals surface area contributed by atoms with E-state index in [1.54, 1.807) is 35.2 Å². The summed E-state index contributed by atoms with van der Waals surface area (Å²) in [5, 5.41) is 15.0. The quantitative estimate of drug-likeness (QED) is 0.436. The average Bonchev–Trinajstić information content (AvgIpc) is 3.14. The van der Waals surface area contributed by atoms with Crippen LogP contribution in [0.4, 0.5) is 0 Å². The van der Waals surface area contributed by atoms with Gasteiger partial charge in [-0.3, -0.25) is 14.5 Å². The zero-order valence-corrected chi connectivity index (χ0v) is 17.3. The summed E-state index contributed by atoms with van der Waals surface area (Å²) >= 11 is 11.4.